The van der Waals surface area contributed by atoms with Crippen LogP contribution in [-0.2, 0) is 20.8 Å². The molecule has 3 aromatic carbocycles. The van der Waals surface area contributed by atoms with Gasteiger partial charge in [-0.3, -0.25) is 13.7 Å². The number of nitrogens with zero attached hydrogens (tertiary/aromatic N) is 1. The van der Waals surface area contributed by atoms with Crippen molar-refractivity contribution in [1.29, 1.82) is 0 Å². The highest BCUT2D eigenvalue weighted by Crippen LogP contribution is 2.30. The summed E-state index contributed by atoms with van der Waals surface area (Å²) in [6.07, 6.45) is 0. The molecule has 0 radical (unpaired) electrons. The summed E-state index contributed by atoms with van der Waals surface area (Å²) >= 11 is 1.01. The van der Waals surface area contributed by atoms with Crippen LogP contribution in [0.4, 0.5) is 11.4 Å². The lowest BCUT2D eigenvalue weighted by molar-refractivity contribution is -0.142. The summed E-state index contributed by atoms with van der Waals surface area (Å²) in [5.74, 6) is -0.925. The zero-order valence-electron chi connectivity index (χ0n) is 21.2. The summed E-state index contributed by atoms with van der Waals surface area (Å²) in [5.41, 5.74) is 4.16. The lowest BCUT2D eigenvalue weighted by Crippen LogP contribution is -2.46. The van der Waals surface area contributed by atoms with Crippen LogP contribution in [0.1, 0.15) is 30.0 Å². The van der Waals surface area contributed by atoms with Gasteiger partial charge in [0.2, 0.25) is 0 Å². The van der Waals surface area contributed by atoms with E-state index in [0.29, 0.717) is 17.0 Å². The van der Waals surface area contributed by atoms with Crippen molar-refractivity contribution >= 4 is 61.4 Å². The van der Waals surface area contributed by atoms with Crippen LogP contribution in [0.15, 0.2) is 75.6 Å². The molecule has 4 rings (SSSR count). The maximum absolute atomic E-state index is 12.9. The Kier molecular flexibility index (Phi) is 8.35. The maximum Gasteiger partial charge on any atom is 0.329 e. The molecular weight excluding hydrogens is 572 g/mol. The Hall–Kier alpha value is -3.47. The third-order valence-electron chi connectivity index (χ3n) is 6.20. The second-order valence-corrected chi connectivity index (χ2v) is 10.8. The van der Waals surface area contributed by atoms with E-state index < -0.39 is 23.3 Å². The number of esters is 1. The summed E-state index contributed by atoms with van der Waals surface area (Å²) in [6, 6.07) is 18.9. The van der Waals surface area contributed by atoms with E-state index >= 15 is 0 Å². The smallest absolute Gasteiger partial charge is 0.329 e. The number of halogens is 1. The van der Waals surface area contributed by atoms with E-state index in [4.69, 9.17) is 9.15 Å². The zero-order chi connectivity index (χ0) is 27.6. The van der Waals surface area contributed by atoms with Gasteiger partial charge < -0.3 is 14.5 Å². The lowest BCUT2D eigenvalue weighted by atomic mass is 10.0. The summed E-state index contributed by atoms with van der Waals surface area (Å²) in [4.78, 5) is 25.2. The number of anilines is 2. The first-order valence-corrected chi connectivity index (χ1v) is 13.6. The molecule has 2 N–H and O–H groups in total. The molecule has 38 heavy (non-hydrogen) atoms. The lowest BCUT2D eigenvalue weighted by Gasteiger charge is -2.30. The van der Waals surface area contributed by atoms with Crippen LogP contribution in [0.25, 0.3) is 22.1 Å². The highest BCUT2D eigenvalue weighted by Gasteiger charge is 2.33. The molecule has 0 aliphatic rings. The first kappa shape index (κ1) is 27.6. The molecule has 0 aliphatic heterocycles. The summed E-state index contributed by atoms with van der Waals surface area (Å²) in [6.45, 7) is 5.41. The van der Waals surface area contributed by atoms with E-state index in [2.05, 4.69) is 21.2 Å². The van der Waals surface area contributed by atoms with E-state index in [0.717, 1.165) is 30.9 Å². The van der Waals surface area contributed by atoms with Gasteiger partial charge in [-0.1, -0.05) is 54.0 Å². The summed E-state index contributed by atoms with van der Waals surface area (Å²) in [5, 5.41) is 3.75. The predicted molar refractivity (Wildman–Crippen MR) is 152 cm³/mol. The molecule has 0 fully saturated rings. The van der Waals surface area contributed by atoms with Crippen molar-refractivity contribution in [2.45, 2.75) is 26.8 Å². The highest BCUT2D eigenvalue weighted by atomic mass is 79.9. The minimum atomic E-state index is -2.43. The Balaban J connectivity index is 1.51. The number of carbonyl (C=O) groups is 2. The molecule has 0 saturated carbocycles. The Morgan fingerprint density at radius 2 is 1.63 bits per heavy atom. The van der Waals surface area contributed by atoms with Gasteiger partial charge in [0.25, 0.3) is 17.2 Å². The number of fused-ring (bicyclic) bond motifs is 1. The molecule has 1 heterocycles. The van der Waals surface area contributed by atoms with Crippen molar-refractivity contribution in [1.82, 2.24) is 0 Å². The van der Waals surface area contributed by atoms with Crippen LogP contribution in [0, 0.1) is 12.8 Å². The first-order valence-electron chi connectivity index (χ1n) is 11.8. The number of nitrogens with one attached hydrogen (secondary N) is 1. The minimum Gasteiger partial charge on any atom is -0.467 e. The molecule has 10 heteroatoms. The number of ether oxygens (including phenoxy) is 1. The number of amides is 1. The molecule has 1 aromatic heterocycles. The van der Waals surface area contributed by atoms with Gasteiger partial charge in [0.1, 0.15) is 11.6 Å². The molecule has 198 valence electrons. The van der Waals surface area contributed by atoms with Crippen LogP contribution >= 0.6 is 15.9 Å². The van der Waals surface area contributed by atoms with Crippen molar-refractivity contribution < 1.29 is 27.5 Å². The molecule has 4 aromatic rings. The quantitative estimate of drug-likeness (QED) is 0.175. The molecule has 8 nitrogen and oxygen atoms in total. The molecule has 2 unspecified atom stereocenters. The van der Waals surface area contributed by atoms with Gasteiger partial charge >= 0.3 is 5.97 Å². The van der Waals surface area contributed by atoms with Crippen LogP contribution < -0.4 is 9.62 Å². The first-order chi connectivity index (χ1) is 18.1. The van der Waals surface area contributed by atoms with E-state index in [1.54, 1.807) is 50.2 Å². The molecule has 2 atom stereocenters. The predicted octanol–water partition coefficient (Wildman–Crippen LogP) is 6.56. The fourth-order valence-corrected chi connectivity index (χ4v) is 5.44. The van der Waals surface area contributed by atoms with Crippen molar-refractivity contribution in [3.8, 4) is 11.1 Å². The van der Waals surface area contributed by atoms with Crippen LogP contribution in [0.3, 0.4) is 0 Å². The van der Waals surface area contributed by atoms with E-state index in [9.17, 15) is 18.4 Å². The topological polar surface area (TPSA) is 109 Å². The Morgan fingerprint density at radius 3 is 2.18 bits per heavy atom. The number of methoxy groups -OCH3 is 1. The average Bonchev–Trinajstić information content (AvgIpc) is 3.22. The number of hydrogen-bond acceptors (Lipinski definition) is 5. The van der Waals surface area contributed by atoms with Gasteiger partial charge in [-0.25, -0.2) is 9.00 Å². The highest BCUT2D eigenvalue weighted by molar-refractivity contribution is 9.10. The van der Waals surface area contributed by atoms with Crippen LogP contribution in [-0.4, -0.2) is 33.8 Å². The monoisotopic (exact) mass is 598 g/mol. The van der Waals surface area contributed by atoms with Crippen molar-refractivity contribution in [2.75, 3.05) is 16.7 Å². The van der Waals surface area contributed by atoms with E-state index in [1.807, 2.05) is 37.3 Å². The van der Waals surface area contributed by atoms with Crippen LogP contribution in [0.2, 0.25) is 0 Å². The molecular formula is C28H27BrN2O6S. The van der Waals surface area contributed by atoms with E-state index in [1.165, 1.54) is 7.11 Å². The number of rotatable bonds is 8. The number of furan rings is 1. The molecule has 1 amide bonds. The van der Waals surface area contributed by atoms with Crippen molar-refractivity contribution in [2.24, 2.45) is 5.92 Å². The third kappa shape index (κ3) is 5.67. The Labute approximate surface area is 231 Å². The Bertz CT molecular complexity index is 1500. The van der Waals surface area contributed by atoms with Crippen molar-refractivity contribution in [3.63, 3.8) is 0 Å². The molecule has 0 saturated heterocycles. The largest absolute Gasteiger partial charge is 0.467 e. The SMILES string of the molecule is COC(=O)C(C(C)C)N(c1ccc(-c2ccc(NC(=O)c3oc4ccc(Br)cc4c3C)cc2)cc1)S(=O)O. The van der Waals surface area contributed by atoms with E-state index in [-0.39, 0.29) is 17.6 Å². The number of carbonyl (C=O) groups excluding carboxylic acids is 2. The summed E-state index contributed by atoms with van der Waals surface area (Å²) in [7, 11) is 1.25. The number of benzene rings is 3. The second-order valence-electron chi connectivity index (χ2n) is 9.04. The van der Waals surface area contributed by atoms with Gasteiger partial charge in [-0.15, -0.1) is 0 Å². The number of aryl methyl sites for hydroxylation is 1. The minimum absolute atomic E-state index is 0.258. The normalized spacial score (nSPS) is 12.8. The van der Waals surface area contributed by atoms with Gasteiger partial charge in [0, 0.05) is 21.1 Å². The average molecular weight is 600 g/mol. The molecule has 0 bridgehead atoms. The Morgan fingerprint density at radius 1 is 1.03 bits per heavy atom. The molecule has 0 spiro atoms. The van der Waals surface area contributed by atoms with Crippen molar-refractivity contribution in [3.05, 3.63) is 82.5 Å². The second kappa shape index (κ2) is 11.5. The van der Waals surface area contributed by atoms with Gasteiger partial charge in [0.05, 0.1) is 12.8 Å². The number of hydrogen-bond donors (Lipinski definition) is 2. The van der Waals surface area contributed by atoms with Gasteiger partial charge in [-0.2, -0.15) is 0 Å². The zero-order valence-corrected chi connectivity index (χ0v) is 23.6. The molecule has 0 aliphatic carbocycles. The summed E-state index contributed by atoms with van der Waals surface area (Å²) < 4.78 is 34.7. The standard InChI is InChI=1S/C28H27BrN2O6S/c1-16(2)25(28(33)36-4)31(38(34)35)22-12-7-19(8-13-22)18-5-10-21(11-6-18)30-27(32)26-17(3)23-15-20(29)9-14-24(23)37-26/h5-16,25H,1-4H3,(H,30,32)(H,34,35). The fourth-order valence-electron chi connectivity index (χ4n) is 4.25. The third-order valence-corrected chi connectivity index (χ3v) is 7.47. The fraction of sp³-hybridized carbons (Fsp3) is 0.214. The van der Waals surface area contributed by atoms with Gasteiger partial charge in [0.15, 0.2) is 5.76 Å². The van der Waals surface area contributed by atoms with Gasteiger partial charge in [-0.05, 0) is 66.4 Å². The maximum atomic E-state index is 12.9. The van der Waals surface area contributed by atoms with Crippen LogP contribution in [0.5, 0.6) is 0 Å².